The van der Waals surface area contributed by atoms with Crippen LogP contribution in [0.4, 0.5) is 11.8 Å². The topological polar surface area (TPSA) is 58.6 Å². The lowest BCUT2D eigenvalue weighted by molar-refractivity contribution is -0.117. The van der Waals surface area contributed by atoms with Gasteiger partial charge < -0.3 is 19.3 Å². The summed E-state index contributed by atoms with van der Waals surface area (Å²) < 4.78 is 6.21. The molecule has 0 unspecified atom stereocenters. The number of anilines is 2. The highest BCUT2D eigenvalue weighted by Gasteiger charge is 2.25. The fourth-order valence-corrected chi connectivity index (χ4v) is 3.98. The fraction of sp³-hybridized carbons (Fsp3) is 0.542. The van der Waals surface area contributed by atoms with Crippen molar-refractivity contribution in [3.63, 3.8) is 0 Å². The molecule has 0 aliphatic carbocycles. The molecular weight excluding hydrogens is 376 g/mol. The molecule has 162 valence electrons. The van der Waals surface area contributed by atoms with Gasteiger partial charge >= 0.3 is 0 Å². The SMILES string of the molecule is CC(=O)C[C@@H](C)c1ccc(O[C@@H]2CCN(c3ccnc(N(C)CC(C)C)n3)C2)cc1. The summed E-state index contributed by atoms with van der Waals surface area (Å²) in [5.41, 5.74) is 1.17. The summed E-state index contributed by atoms with van der Waals surface area (Å²) in [6.07, 6.45) is 3.51. The van der Waals surface area contributed by atoms with E-state index in [0.717, 1.165) is 43.6 Å². The smallest absolute Gasteiger partial charge is 0.227 e. The Hall–Kier alpha value is -2.63. The van der Waals surface area contributed by atoms with Crippen LogP contribution in [-0.4, -0.2) is 48.5 Å². The van der Waals surface area contributed by atoms with Gasteiger partial charge in [-0.1, -0.05) is 32.9 Å². The zero-order chi connectivity index (χ0) is 21.7. The molecule has 6 heteroatoms. The largest absolute Gasteiger partial charge is 0.489 e. The first-order chi connectivity index (χ1) is 14.3. The Labute approximate surface area is 180 Å². The third-order valence-electron chi connectivity index (χ3n) is 5.42. The molecule has 6 nitrogen and oxygen atoms in total. The van der Waals surface area contributed by atoms with E-state index < -0.39 is 0 Å². The number of ether oxygens (including phenoxy) is 1. The van der Waals surface area contributed by atoms with Gasteiger partial charge in [-0.3, -0.25) is 0 Å². The molecule has 2 atom stereocenters. The maximum Gasteiger partial charge on any atom is 0.227 e. The summed E-state index contributed by atoms with van der Waals surface area (Å²) >= 11 is 0. The molecule has 0 amide bonds. The summed E-state index contributed by atoms with van der Waals surface area (Å²) in [5.74, 6) is 3.61. The molecular formula is C24H34N4O2. The number of aromatic nitrogens is 2. The van der Waals surface area contributed by atoms with Crippen molar-refractivity contribution in [1.82, 2.24) is 9.97 Å². The second-order valence-electron chi connectivity index (χ2n) is 8.84. The van der Waals surface area contributed by atoms with Crippen molar-refractivity contribution in [2.75, 3.05) is 36.5 Å². The van der Waals surface area contributed by atoms with E-state index in [4.69, 9.17) is 9.72 Å². The van der Waals surface area contributed by atoms with Crippen LogP contribution < -0.4 is 14.5 Å². The van der Waals surface area contributed by atoms with Crippen LogP contribution in [0.15, 0.2) is 36.5 Å². The van der Waals surface area contributed by atoms with Crippen molar-refractivity contribution < 1.29 is 9.53 Å². The van der Waals surface area contributed by atoms with Gasteiger partial charge in [-0.25, -0.2) is 4.98 Å². The molecule has 0 radical (unpaired) electrons. The van der Waals surface area contributed by atoms with Crippen molar-refractivity contribution in [2.24, 2.45) is 5.92 Å². The summed E-state index contributed by atoms with van der Waals surface area (Å²) in [5, 5.41) is 0. The van der Waals surface area contributed by atoms with Crippen molar-refractivity contribution in [3.05, 3.63) is 42.1 Å². The number of carbonyl (C=O) groups is 1. The molecule has 2 aromatic rings. The van der Waals surface area contributed by atoms with E-state index in [1.165, 1.54) is 5.56 Å². The molecule has 0 N–H and O–H groups in total. The van der Waals surface area contributed by atoms with Crippen LogP contribution in [0.3, 0.4) is 0 Å². The molecule has 0 spiro atoms. The highest BCUT2D eigenvalue weighted by atomic mass is 16.5. The normalized spacial score (nSPS) is 17.3. The van der Waals surface area contributed by atoms with Crippen LogP contribution in [0.5, 0.6) is 5.75 Å². The zero-order valence-corrected chi connectivity index (χ0v) is 18.8. The van der Waals surface area contributed by atoms with Gasteiger partial charge in [0.05, 0.1) is 6.54 Å². The van der Waals surface area contributed by atoms with Crippen molar-refractivity contribution in [1.29, 1.82) is 0 Å². The minimum atomic E-state index is 0.136. The minimum Gasteiger partial charge on any atom is -0.489 e. The molecule has 3 rings (SSSR count). The number of nitrogens with zero attached hydrogens (tertiary/aromatic N) is 4. The van der Waals surface area contributed by atoms with E-state index in [1.807, 2.05) is 31.4 Å². The average molecular weight is 411 g/mol. The van der Waals surface area contributed by atoms with Gasteiger partial charge in [0.25, 0.3) is 0 Å². The van der Waals surface area contributed by atoms with E-state index in [1.54, 1.807) is 6.92 Å². The Kier molecular flexibility index (Phi) is 7.29. The lowest BCUT2D eigenvalue weighted by atomic mass is 9.96. The Morgan fingerprint density at radius 1 is 1.23 bits per heavy atom. The highest BCUT2D eigenvalue weighted by Crippen LogP contribution is 2.26. The molecule has 1 fully saturated rings. The van der Waals surface area contributed by atoms with E-state index in [-0.39, 0.29) is 17.8 Å². The van der Waals surface area contributed by atoms with Gasteiger partial charge in [-0.05, 0) is 42.5 Å². The summed E-state index contributed by atoms with van der Waals surface area (Å²) in [4.78, 5) is 24.9. The van der Waals surface area contributed by atoms with Crippen LogP contribution >= 0.6 is 0 Å². The molecule has 1 saturated heterocycles. The number of hydrogen-bond acceptors (Lipinski definition) is 6. The number of carbonyl (C=O) groups excluding carboxylic acids is 1. The van der Waals surface area contributed by atoms with Gasteiger partial charge in [0.15, 0.2) is 0 Å². The standard InChI is InChI=1S/C24H34N4O2/c1-17(2)15-27(5)24-25-12-10-23(26-24)28-13-11-22(16-28)30-21-8-6-20(7-9-21)18(3)14-19(4)29/h6-10,12,17-18,22H,11,13-16H2,1-5H3/t18-,22-/m1/s1. The Bertz CT molecular complexity index is 837. The quantitative estimate of drug-likeness (QED) is 0.614. The first-order valence-corrected chi connectivity index (χ1v) is 10.9. The Morgan fingerprint density at radius 3 is 2.63 bits per heavy atom. The van der Waals surface area contributed by atoms with Gasteiger partial charge in [-0.15, -0.1) is 0 Å². The van der Waals surface area contributed by atoms with E-state index in [0.29, 0.717) is 12.3 Å². The predicted molar refractivity (Wildman–Crippen MR) is 122 cm³/mol. The van der Waals surface area contributed by atoms with Gasteiger partial charge in [0, 0.05) is 39.2 Å². The third kappa shape index (κ3) is 5.94. The third-order valence-corrected chi connectivity index (χ3v) is 5.42. The van der Waals surface area contributed by atoms with Crippen LogP contribution in [0.2, 0.25) is 0 Å². The zero-order valence-electron chi connectivity index (χ0n) is 18.8. The van der Waals surface area contributed by atoms with Crippen molar-refractivity contribution in [2.45, 2.75) is 52.6 Å². The minimum absolute atomic E-state index is 0.136. The van der Waals surface area contributed by atoms with Crippen LogP contribution in [0.25, 0.3) is 0 Å². The number of ketones is 1. The van der Waals surface area contributed by atoms with E-state index in [2.05, 4.69) is 47.7 Å². The van der Waals surface area contributed by atoms with Gasteiger partial charge in [-0.2, -0.15) is 4.98 Å². The number of rotatable bonds is 9. The average Bonchev–Trinajstić information content (AvgIpc) is 3.16. The summed E-state index contributed by atoms with van der Waals surface area (Å²) in [6.45, 7) is 10.8. The number of Topliss-reactive ketones (excluding diaryl/α,β-unsaturated/α-hetero) is 1. The number of hydrogen-bond donors (Lipinski definition) is 0. The second-order valence-corrected chi connectivity index (χ2v) is 8.84. The van der Waals surface area contributed by atoms with Crippen molar-refractivity contribution in [3.8, 4) is 5.75 Å². The summed E-state index contributed by atoms with van der Waals surface area (Å²) in [7, 11) is 2.04. The first kappa shape index (κ1) is 22.1. The molecule has 1 aromatic heterocycles. The number of benzene rings is 1. The molecule has 2 heterocycles. The van der Waals surface area contributed by atoms with E-state index in [9.17, 15) is 4.79 Å². The van der Waals surface area contributed by atoms with E-state index >= 15 is 0 Å². The first-order valence-electron chi connectivity index (χ1n) is 10.9. The maximum absolute atomic E-state index is 11.3. The Morgan fingerprint density at radius 2 is 1.97 bits per heavy atom. The molecule has 1 aliphatic heterocycles. The molecule has 30 heavy (non-hydrogen) atoms. The second kappa shape index (κ2) is 9.92. The van der Waals surface area contributed by atoms with Crippen LogP contribution in [-0.2, 0) is 4.79 Å². The van der Waals surface area contributed by atoms with Crippen LogP contribution in [0.1, 0.15) is 52.0 Å². The lowest BCUT2D eigenvalue weighted by Crippen LogP contribution is -2.28. The molecule has 1 aromatic carbocycles. The Balaban J connectivity index is 1.57. The molecule has 1 aliphatic rings. The summed E-state index contributed by atoms with van der Waals surface area (Å²) in [6, 6.07) is 10.1. The lowest BCUT2D eigenvalue weighted by Gasteiger charge is -2.22. The van der Waals surface area contributed by atoms with Gasteiger partial charge in [0.1, 0.15) is 23.5 Å². The van der Waals surface area contributed by atoms with Gasteiger partial charge in [0.2, 0.25) is 5.95 Å². The molecule has 0 saturated carbocycles. The molecule has 0 bridgehead atoms. The fourth-order valence-electron chi connectivity index (χ4n) is 3.98. The predicted octanol–water partition coefficient (Wildman–Crippen LogP) is 4.31. The van der Waals surface area contributed by atoms with Crippen molar-refractivity contribution >= 4 is 17.5 Å². The highest BCUT2D eigenvalue weighted by molar-refractivity contribution is 5.76. The maximum atomic E-state index is 11.3. The van der Waals surface area contributed by atoms with Crippen LogP contribution in [0, 0.1) is 5.92 Å². The monoisotopic (exact) mass is 410 g/mol.